The largest absolute Gasteiger partial charge is 0.466 e. The molecular weight excluding hydrogens is 140 g/mol. The van der Waals surface area contributed by atoms with Crippen molar-refractivity contribution in [2.45, 2.75) is 0 Å². The molecular formula is C8H18N2O. The highest BCUT2D eigenvalue weighted by Gasteiger charge is 2.12. The second kappa shape index (κ2) is 4.70. The van der Waals surface area contributed by atoms with Crippen LogP contribution in [0.2, 0.25) is 0 Å². The zero-order chi connectivity index (χ0) is 8.10. The predicted octanol–water partition coefficient (Wildman–Crippen LogP) is -1.38. The topological polar surface area (TPSA) is 16.9 Å². The first-order valence-electron chi connectivity index (χ1n) is 4.21. The summed E-state index contributed by atoms with van der Waals surface area (Å²) in [6.07, 6.45) is 0. The highest BCUT2D eigenvalue weighted by molar-refractivity contribution is 4.59. The molecule has 3 nitrogen and oxygen atoms in total. The Labute approximate surface area is 68.9 Å². The quantitative estimate of drug-likeness (QED) is 0.510. The molecule has 1 aliphatic rings. The fourth-order valence-corrected chi connectivity index (χ4v) is 1.31. The van der Waals surface area contributed by atoms with E-state index in [-0.39, 0.29) is 0 Å². The van der Waals surface area contributed by atoms with Crippen LogP contribution in [0.3, 0.4) is 0 Å². The minimum Gasteiger partial charge on any atom is -0.466 e. The maximum absolute atomic E-state index is 5.01. The van der Waals surface area contributed by atoms with Gasteiger partial charge in [0.25, 0.3) is 0 Å². The van der Waals surface area contributed by atoms with Crippen molar-refractivity contribution in [2.75, 3.05) is 46.4 Å². The standard InChI is InChI=1S/C8H18N2O/c1-9-3-5-10(6-4-9)7-8-11-2/h9H,1,3-8H2,2H3. The Balaban J connectivity index is 2.07. The molecule has 1 fully saturated rings. The first kappa shape index (κ1) is 8.97. The molecule has 0 spiro atoms. The average Bonchev–Trinajstić information content (AvgIpc) is 2.04. The Bertz CT molecular complexity index is 97.5. The van der Waals surface area contributed by atoms with E-state index in [1.807, 2.05) is 0 Å². The van der Waals surface area contributed by atoms with Gasteiger partial charge in [0, 0.05) is 26.7 Å². The van der Waals surface area contributed by atoms with E-state index in [0.29, 0.717) is 0 Å². The molecule has 11 heavy (non-hydrogen) atoms. The summed E-state index contributed by atoms with van der Waals surface area (Å²) in [5.74, 6) is 0. The second-order valence-electron chi connectivity index (χ2n) is 3.08. The van der Waals surface area contributed by atoms with Crippen molar-refractivity contribution in [3.63, 3.8) is 0 Å². The van der Waals surface area contributed by atoms with Gasteiger partial charge in [-0.1, -0.05) is 0 Å². The summed E-state index contributed by atoms with van der Waals surface area (Å²) >= 11 is 0. The summed E-state index contributed by atoms with van der Waals surface area (Å²) in [7, 11) is 5.72. The fraction of sp³-hybridized carbons (Fsp3) is 0.875. The molecule has 0 aliphatic carbocycles. The summed E-state index contributed by atoms with van der Waals surface area (Å²) in [6.45, 7) is 6.61. The van der Waals surface area contributed by atoms with Crippen molar-refractivity contribution in [2.24, 2.45) is 0 Å². The maximum Gasteiger partial charge on any atom is 0.0660 e. The Morgan fingerprint density at radius 2 is 2.09 bits per heavy atom. The number of hydrogen-bond acceptors (Lipinski definition) is 2. The normalized spacial score (nSPS) is 22.4. The Kier molecular flexibility index (Phi) is 3.83. The first-order valence-corrected chi connectivity index (χ1v) is 4.21. The Morgan fingerprint density at radius 1 is 1.45 bits per heavy atom. The number of quaternary nitrogens is 1. The van der Waals surface area contributed by atoms with Crippen molar-refractivity contribution >= 4 is 0 Å². The number of nitrogens with one attached hydrogen (secondary N) is 1. The maximum atomic E-state index is 5.01. The minimum atomic E-state index is 0.854. The lowest BCUT2D eigenvalue weighted by molar-refractivity contribution is -0.858. The van der Waals surface area contributed by atoms with Gasteiger partial charge in [0.15, 0.2) is 0 Å². The molecule has 0 aromatic carbocycles. The Hall–Kier alpha value is -0.120. The molecule has 0 atom stereocenters. The van der Waals surface area contributed by atoms with Crippen LogP contribution >= 0.6 is 0 Å². The molecule has 1 aliphatic heterocycles. The van der Waals surface area contributed by atoms with Crippen molar-refractivity contribution in [3.8, 4) is 0 Å². The number of hydrogen-bond donors (Lipinski definition) is 1. The van der Waals surface area contributed by atoms with E-state index in [9.17, 15) is 0 Å². The van der Waals surface area contributed by atoms with E-state index in [4.69, 9.17) is 4.74 Å². The lowest BCUT2D eigenvalue weighted by atomic mass is 10.3. The molecule has 0 bridgehead atoms. The van der Waals surface area contributed by atoms with Crippen LogP contribution in [0.4, 0.5) is 0 Å². The first-order chi connectivity index (χ1) is 5.33. The molecule has 3 heteroatoms. The van der Waals surface area contributed by atoms with Gasteiger partial charge < -0.3 is 9.64 Å². The lowest BCUT2D eigenvalue weighted by Gasteiger charge is -2.33. The molecule has 1 heterocycles. The molecule has 1 N–H and O–H groups in total. The smallest absolute Gasteiger partial charge is 0.0660 e. The third kappa shape index (κ3) is 3.18. The third-order valence-corrected chi connectivity index (χ3v) is 2.17. The molecule has 0 unspecified atom stereocenters. The Morgan fingerprint density at radius 3 is 2.64 bits per heavy atom. The summed E-state index contributed by atoms with van der Waals surface area (Å²) < 4.78 is 5.01. The number of nitrogens with zero attached hydrogens (tertiary/aromatic N) is 1. The highest BCUT2D eigenvalue weighted by atomic mass is 16.5. The predicted molar refractivity (Wildman–Crippen MR) is 44.4 cm³/mol. The summed E-state index contributed by atoms with van der Waals surface area (Å²) in [6, 6.07) is 0. The van der Waals surface area contributed by atoms with E-state index < -0.39 is 0 Å². The van der Waals surface area contributed by atoms with Gasteiger partial charge in [0.05, 0.1) is 19.7 Å². The van der Waals surface area contributed by atoms with Gasteiger partial charge in [0.2, 0.25) is 0 Å². The molecule has 66 valence electrons. The monoisotopic (exact) mass is 158 g/mol. The van der Waals surface area contributed by atoms with Crippen molar-refractivity contribution in [1.29, 1.82) is 0 Å². The summed E-state index contributed by atoms with van der Waals surface area (Å²) in [5.41, 5.74) is 0. The minimum absolute atomic E-state index is 0.854. The van der Waals surface area contributed by atoms with Crippen molar-refractivity contribution < 1.29 is 9.64 Å². The van der Waals surface area contributed by atoms with E-state index in [2.05, 4.69) is 11.9 Å². The third-order valence-electron chi connectivity index (χ3n) is 2.17. The number of rotatable bonds is 3. The second-order valence-corrected chi connectivity index (χ2v) is 3.08. The molecule has 0 aromatic rings. The molecule has 0 aromatic heterocycles. The van der Waals surface area contributed by atoms with Gasteiger partial charge in [0.1, 0.15) is 0 Å². The molecule has 1 rings (SSSR count). The van der Waals surface area contributed by atoms with Gasteiger partial charge in [-0.2, -0.15) is 7.05 Å². The van der Waals surface area contributed by atoms with Crippen LogP contribution in [-0.2, 0) is 4.74 Å². The molecule has 0 saturated carbocycles. The highest BCUT2D eigenvalue weighted by Crippen LogP contribution is 1.87. The zero-order valence-electron chi connectivity index (χ0n) is 7.31. The van der Waals surface area contributed by atoms with Crippen LogP contribution in [0.15, 0.2) is 0 Å². The molecule has 0 amide bonds. The average molecular weight is 158 g/mol. The van der Waals surface area contributed by atoms with Crippen LogP contribution in [0.25, 0.3) is 0 Å². The van der Waals surface area contributed by atoms with Gasteiger partial charge in [-0.05, 0) is 0 Å². The van der Waals surface area contributed by atoms with Crippen LogP contribution < -0.4 is 4.90 Å². The zero-order valence-corrected chi connectivity index (χ0v) is 7.31. The molecule has 0 radical (unpaired) electrons. The van der Waals surface area contributed by atoms with Crippen molar-refractivity contribution in [3.05, 3.63) is 7.05 Å². The van der Waals surface area contributed by atoms with Crippen LogP contribution in [0.5, 0.6) is 0 Å². The number of ether oxygens (including phenoxy) is 1. The van der Waals surface area contributed by atoms with E-state index in [0.717, 1.165) is 13.2 Å². The summed E-state index contributed by atoms with van der Waals surface area (Å²) in [5, 5.41) is 0. The van der Waals surface area contributed by atoms with Gasteiger partial charge in [-0.15, -0.1) is 0 Å². The lowest BCUT2D eigenvalue weighted by Crippen LogP contribution is -3.10. The summed E-state index contributed by atoms with van der Waals surface area (Å²) in [4.78, 5) is 3.83. The number of methoxy groups -OCH3 is 1. The van der Waals surface area contributed by atoms with Gasteiger partial charge in [-0.3, -0.25) is 4.90 Å². The van der Waals surface area contributed by atoms with Crippen LogP contribution in [0.1, 0.15) is 0 Å². The van der Waals surface area contributed by atoms with Gasteiger partial charge in [-0.25, -0.2) is 0 Å². The number of piperazine rings is 1. The van der Waals surface area contributed by atoms with E-state index in [1.165, 1.54) is 31.1 Å². The SMILES string of the molecule is [CH2-][NH+]1CCN(CCOC)CC1. The van der Waals surface area contributed by atoms with Crippen molar-refractivity contribution in [1.82, 2.24) is 4.90 Å². The van der Waals surface area contributed by atoms with Crippen LogP contribution in [-0.4, -0.2) is 51.3 Å². The van der Waals surface area contributed by atoms with Crippen LogP contribution in [0, 0.1) is 7.05 Å². The van der Waals surface area contributed by atoms with E-state index in [1.54, 1.807) is 7.11 Å². The molecule has 1 saturated heterocycles. The van der Waals surface area contributed by atoms with Gasteiger partial charge >= 0.3 is 0 Å². The fourth-order valence-electron chi connectivity index (χ4n) is 1.31. The van der Waals surface area contributed by atoms with E-state index >= 15 is 0 Å².